The van der Waals surface area contributed by atoms with Crippen LogP contribution in [0.15, 0.2) is 54.6 Å². The smallest absolute Gasteiger partial charge is 0.319 e. The summed E-state index contributed by atoms with van der Waals surface area (Å²) in [4.78, 5) is 11.9. The minimum Gasteiger partial charge on any atom is -0.384 e. The van der Waals surface area contributed by atoms with E-state index in [1.165, 1.54) is 0 Å². The third-order valence-corrected chi connectivity index (χ3v) is 3.24. The van der Waals surface area contributed by atoms with Crippen molar-refractivity contribution in [2.24, 2.45) is 0 Å². The quantitative estimate of drug-likeness (QED) is 0.810. The van der Waals surface area contributed by atoms with Gasteiger partial charge in [-0.2, -0.15) is 5.26 Å². The van der Waals surface area contributed by atoms with Crippen molar-refractivity contribution in [2.75, 3.05) is 11.9 Å². The molecule has 2 aromatic rings. The van der Waals surface area contributed by atoms with Crippen molar-refractivity contribution in [1.82, 2.24) is 5.32 Å². The van der Waals surface area contributed by atoms with Crippen LogP contribution in [-0.4, -0.2) is 17.7 Å². The second kappa shape index (κ2) is 6.74. The van der Waals surface area contributed by atoms with Crippen molar-refractivity contribution < 1.29 is 9.90 Å². The zero-order valence-corrected chi connectivity index (χ0v) is 12.2. The van der Waals surface area contributed by atoms with Crippen molar-refractivity contribution in [3.8, 4) is 6.07 Å². The summed E-state index contributed by atoms with van der Waals surface area (Å²) in [6.45, 7) is 1.71. The topological polar surface area (TPSA) is 85.2 Å². The molecular weight excluding hydrogens is 278 g/mol. The number of aliphatic hydroxyl groups is 1. The van der Waals surface area contributed by atoms with Crippen molar-refractivity contribution in [2.45, 2.75) is 12.5 Å². The number of carbonyl (C=O) groups excluding carboxylic acids is 1. The van der Waals surface area contributed by atoms with E-state index in [4.69, 9.17) is 5.26 Å². The number of amides is 2. The van der Waals surface area contributed by atoms with E-state index < -0.39 is 11.6 Å². The van der Waals surface area contributed by atoms with E-state index in [1.54, 1.807) is 43.3 Å². The number of rotatable bonds is 4. The number of hydrogen-bond donors (Lipinski definition) is 3. The van der Waals surface area contributed by atoms with Gasteiger partial charge in [0.05, 0.1) is 18.2 Å². The molecule has 0 fully saturated rings. The van der Waals surface area contributed by atoms with Crippen molar-refractivity contribution in [1.29, 1.82) is 5.26 Å². The number of nitrogens with zero attached hydrogens (tertiary/aromatic N) is 1. The largest absolute Gasteiger partial charge is 0.384 e. The Morgan fingerprint density at radius 2 is 1.95 bits per heavy atom. The predicted octanol–water partition coefficient (Wildman–Crippen LogP) is 2.59. The summed E-state index contributed by atoms with van der Waals surface area (Å²) < 4.78 is 0. The summed E-state index contributed by atoms with van der Waals surface area (Å²) in [5, 5.41) is 24.5. The lowest BCUT2D eigenvalue weighted by Gasteiger charge is -2.24. The maximum absolute atomic E-state index is 11.9. The van der Waals surface area contributed by atoms with E-state index in [1.807, 2.05) is 24.3 Å². The summed E-state index contributed by atoms with van der Waals surface area (Å²) in [6, 6.07) is 17.3. The molecular formula is C17H17N3O2. The Hall–Kier alpha value is -2.84. The molecule has 0 bridgehead atoms. The highest BCUT2D eigenvalue weighted by Gasteiger charge is 2.23. The van der Waals surface area contributed by atoms with Crippen LogP contribution in [0, 0.1) is 11.3 Å². The monoisotopic (exact) mass is 295 g/mol. The fraction of sp³-hybridized carbons (Fsp3) is 0.176. The number of benzene rings is 2. The van der Waals surface area contributed by atoms with E-state index in [9.17, 15) is 9.90 Å². The molecule has 2 amide bonds. The molecule has 112 valence electrons. The number of nitriles is 1. The molecule has 5 heteroatoms. The van der Waals surface area contributed by atoms with Crippen LogP contribution in [0.1, 0.15) is 18.1 Å². The number of anilines is 1. The minimum absolute atomic E-state index is 0.0702. The molecule has 0 saturated carbocycles. The average Bonchev–Trinajstić information content (AvgIpc) is 2.54. The van der Waals surface area contributed by atoms with Crippen LogP contribution >= 0.6 is 0 Å². The van der Waals surface area contributed by atoms with Gasteiger partial charge < -0.3 is 15.7 Å². The molecule has 2 aromatic carbocycles. The Bertz CT molecular complexity index is 691. The van der Waals surface area contributed by atoms with Crippen molar-refractivity contribution in [3.63, 3.8) is 0 Å². The molecule has 0 aliphatic rings. The summed E-state index contributed by atoms with van der Waals surface area (Å²) in [6.07, 6.45) is 0. The van der Waals surface area contributed by atoms with Gasteiger partial charge in [0.1, 0.15) is 5.60 Å². The van der Waals surface area contributed by atoms with Crippen LogP contribution in [-0.2, 0) is 5.60 Å². The van der Waals surface area contributed by atoms with Gasteiger partial charge in [-0.25, -0.2) is 4.79 Å². The second-order valence-corrected chi connectivity index (χ2v) is 5.14. The van der Waals surface area contributed by atoms with Gasteiger partial charge in [0.2, 0.25) is 0 Å². The number of nitrogens with one attached hydrogen (secondary N) is 2. The highest BCUT2D eigenvalue weighted by Crippen LogP contribution is 2.19. The summed E-state index contributed by atoms with van der Waals surface area (Å²) in [5.41, 5.74) is 0.555. The molecule has 0 saturated heterocycles. The van der Waals surface area contributed by atoms with Crippen LogP contribution in [0.25, 0.3) is 0 Å². The van der Waals surface area contributed by atoms with Crippen LogP contribution in [0.4, 0.5) is 10.5 Å². The van der Waals surface area contributed by atoms with Crippen LogP contribution in [0.5, 0.6) is 0 Å². The molecule has 1 unspecified atom stereocenters. The number of carbonyl (C=O) groups is 1. The first kappa shape index (κ1) is 15.5. The lowest BCUT2D eigenvalue weighted by atomic mass is 9.96. The predicted molar refractivity (Wildman–Crippen MR) is 84.2 cm³/mol. The highest BCUT2D eigenvalue weighted by molar-refractivity contribution is 5.89. The summed E-state index contributed by atoms with van der Waals surface area (Å²) >= 11 is 0. The van der Waals surface area contributed by atoms with Crippen LogP contribution in [0.3, 0.4) is 0 Å². The van der Waals surface area contributed by atoms with E-state index in [0.717, 1.165) is 5.56 Å². The fourth-order valence-electron chi connectivity index (χ4n) is 1.99. The van der Waals surface area contributed by atoms with Gasteiger partial charge in [0, 0.05) is 5.69 Å². The Labute approximate surface area is 129 Å². The van der Waals surface area contributed by atoms with Gasteiger partial charge in [-0.3, -0.25) is 0 Å². The third kappa shape index (κ3) is 4.08. The van der Waals surface area contributed by atoms with Gasteiger partial charge in [0.15, 0.2) is 0 Å². The molecule has 1 atom stereocenters. The lowest BCUT2D eigenvalue weighted by Crippen LogP contribution is -2.40. The number of urea groups is 1. The fourth-order valence-corrected chi connectivity index (χ4v) is 1.99. The van der Waals surface area contributed by atoms with Crippen LogP contribution < -0.4 is 10.6 Å². The Balaban J connectivity index is 1.94. The van der Waals surface area contributed by atoms with E-state index >= 15 is 0 Å². The SMILES string of the molecule is CC(O)(CNC(=O)Nc1cccc(C#N)c1)c1ccccc1. The van der Waals surface area contributed by atoms with Crippen molar-refractivity contribution in [3.05, 3.63) is 65.7 Å². The van der Waals surface area contributed by atoms with E-state index in [2.05, 4.69) is 10.6 Å². The summed E-state index contributed by atoms with van der Waals surface area (Å²) in [7, 11) is 0. The third-order valence-electron chi connectivity index (χ3n) is 3.24. The van der Waals surface area contributed by atoms with Crippen molar-refractivity contribution >= 4 is 11.7 Å². The Morgan fingerprint density at radius 1 is 1.23 bits per heavy atom. The van der Waals surface area contributed by atoms with E-state index in [0.29, 0.717) is 11.3 Å². The molecule has 0 aliphatic heterocycles. The lowest BCUT2D eigenvalue weighted by molar-refractivity contribution is 0.0599. The van der Waals surface area contributed by atoms with Crippen LogP contribution in [0.2, 0.25) is 0 Å². The Kier molecular flexibility index (Phi) is 4.77. The standard InChI is InChI=1S/C17H17N3O2/c1-17(22,14-7-3-2-4-8-14)12-19-16(21)20-15-9-5-6-13(10-15)11-18/h2-10,22H,12H2,1H3,(H2,19,20,21). The highest BCUT2D eigenvalue weighted by atomic mass is 16.3. The molecule has 0 aromatic heterocycles. The van der Waals surface area contributed by atoms with Gasteiger partial charge in [-0.05, 0) is 30.7 Å². The van der Waals surface area contributed by atoms with Gasteiger partial charge >= 0.3 is 6.03 Å². The summed E-state index contributed by atoms with van der Waals surface area (Å²) in [5.74, 6) is 0. The molecule has 0 radical (unpaired) electrons. The molecule has 0 spiro atoms. The zero-order valence-electron chi connectivity index (χ0n) is 12.2. The number of hydrogen-bond acceptors (Lipinski definition) is 3. The van der Waals surface area contributed by atoms with Gasteiger partial charge in [0.25, 0.3) is 0 Å². The maximum Gasteiger partial charge on any atom is 0.319 e. The first-order chi connectivity index (χ1) is 10.5. The minimum atomic E-state index is -1.16. The second-order valence-electron chi connectivity index (χ2n) is 5.14. The average molecular weight is 295 g/mol. The molecule has 0 aliphatic carbocycles. The molecule has 2 rings (SSSR count). The van der Waals surface area contributed by atoms with Gasteiger partial charge in [-0.15, -0.1) is 0 Å². The van der Waals surface area contributed by atoms with E-state index in [-0.39, 0.29) is 6.54 Å². The zero-order chi connectivity index (χ0) is 16.0. The maximum atomic E-state index is 11.9. The Morgan fingerprint density at radius 3 is 2.64 bits per heavy atom. The molecule has 0 heterocycles. The molecule has 5 nitrogen and oxygen atoms in total. The first-order valence-electron chi connectivity index (χ1n) is 6.84. The van der Waals surface area contributed by atoms with Gasteiger partial charge in [-0.1, -0.05) is 36.4 Å². The normalized spacial score (nSPS) is 12.8. The molecule has 3 N–H and O–H groups in total. The molecule has 22 heavy (non-hydrogen) atoms. The first-order valence-corrected chi connectivity index (χ1v) is 6.84.